The predicted octanol–water partition coefficient (Wildman–Crippen LogP) is 4.18. The zero-order chi connectivity index (χ0) is 20.6. The molecule has 2 aromatic carbocycles. The minimum atomic E-state index is -4.66. The largest absolute Gasteiger partial charge is 0.361 e. The Hall–Kier alpha value is -2.74. The van der Waals surface area contributed by atoms with E-state index >= 15 is 0 Å². The van der Waals surface area contributed by atoms with E-state index < -0.39 is 20.5 Å². The number of halogens is 2. The number of amides is 1. The van der Waals surface area contributed by atoms with Crippen LogP contribution in [-0.4, -0.2) is 43.1 Å². The van der Waals surface area contributed by atoms with Gasteiger partial charge >= 0.3 is 5.76 Å². The van der Waals surface area contributed by atoms with Gasteiger partial charge in [-0.1, -0.05) is 18.2 Å². The van der Waals surface area contributed by atoms with Gasteiger partial charge in [0.2, 0.25) is 9.84 Å². The van der Waals surface area contributed by atoms with E-state index in [1.165, 1.54) is 23.1 Å². The number of hydrogen-bond donors (Lipinski definition) is 1. The van der Waals surface area contributed by atoms with Crippen LogP contribution in [-0.2, 0) is 9.84 Å². The van der Waals surface area contributed by atoms with E-state index in [-0.39, 0.29) is 5.91 Å². The minimum absolute atomic E-state index is 0.219. The number of nitrogens with zero attached hydrogens (tertiary/aromatic N) is 1. The Kier molecular flexibility index (Phi) is 5.12. The molecule has 5 nitrogen and oxygen atoms in total. The van der Waals surface area contributed by atoms with Crippen LogP contribution in [0.4, 0.5) is 8.78 Å². The molecule has 1 aliphatic heterocycles. The monoisotopic (exact) mass is 418 g/mol. The number of likely N-dealkylation sites (tertiary alicyclic amines) is 1. The van der Waals surface area contributed by atoms with E-state index in [1.54, 1.807) is 4.90 Å². The highest BCUT2D eigenvalue weighted by molar-refractivity contribution is 7.91. The molecule has 1 saturated heterocycles. The van der Waals surface area contributed by atoms with E-state index in [1.807, 2.05) is 24.4 Å². The molecule has 1 N–H and O–H groups in total. The van der Waals surface area contributed by atoms with Crippen LogP contribution in [0.5, 0.6) is 0 Å². The Morgan fingerprint density at radius 1 is 1.03 bits per heavy atom. The van der Waals surface area contributed by atoms with Gasteiger partial charge in [-0.25, -0.2) is 8.42 Å². The molecule has 0 aliphatic carbocycles. The molecular weight excluding hydrogens is 398 g/mol. The van der Waals surface area contributed by atoms with Gasteiger partial charge in [0, 0.05) is 35.8 Å². The van der Waals surface area contributed by atoms with Crippen molar-refractivity contribution in [2.45, 2.75) is 29.4 Å². The van der Waals surface area contributed by atoms with E-state index in [0.29, 0.717) is 24.6 Å². The number of carbonyl (C=O) groups is 1. The van der Waals surface area contributed by atoms with Crippen LogP contribution in [0.2, 0.25) is 0 Å². The molecule has 8 heteroatoms. The third kappa shape index (κ3) is 3.64. The van der Waals surface area contributed by atoms with Gasteiger partial charge in [-0.3, -0.25) is 4.79 Å². The number of hydrogen-bond acceptors (Lipinski definition) is 3. The van der Waals surface area contributed by atoms with E-state index in [2.05, 4.69) is 11.1 Å². The second-order valence-corrected chi connectivity index (χ2v) is 9.10. The molecule has 1 aromatic heterocycles. The Bertz CT molecular complexity index is 1130. The lowest BCUT2D eigenvalue weighted by Crippen LogP contribution is -2.37. The lowest BCUT2D eigenvalue weighted by atomic mass is 9.89. The van der Waals surface area contributed by atoms with Crippen LogP contribution in [0, 0.1) is 0 Å². The molecule has 2 heterocycles. The summed E-state index contributed by atoms with van der Waals surface area (Å²) in [5, 5.41) is 1.20. The third-order valence-electron chi connectivity index (χ3n) is 5.51. The number of nitrogens with one attached hydrogen (secondary N) is 1. The number of H-pyrrole nitrogens is 1. The first kappa shape index (κ1) is 19.6. The number of piperidine rings is 1. The van der Waals surface area contributed by atoms with Crippen LogP contribution < -0.4 is 0 Å². The molecule has 0 unspecified atom stereocenters. The fourth-order valence-electron chi connectivity index (χ4n) is 3.90. The molecule has 3 aromatic rings. The molecule has 29 heavy (non-hydrogen) atoms. The molecule has 0 saturated carbocycles. The van der Waals surface area contributed by atoms with Crippen LogP contribution in [0.25, 0.3) is 10.9 Å². The lowest BCUT2D eigenvalue weighted by Gasteiger charge is -2.32. The normalized spacial score (nSPS) is 15.9. The number of alkyl halides is 2. The van der Waals surface area contributed by atoms with Gasteiger partial charge in [-0.2, -0.15) is 8.78 Å². The van der Waals surface area contributed by atoms with Gasteiger partial charge in [0.1, 0.15) is 0 Å². The second-order valence-electron chi connectivity index (χ2n) is 7.19. The highest BCUT2D eigenvalue weighted by Crippen LogP contribution is 2.33. The Morgan fingerprint density at radius 2 is 1.69 bits per heavy atom. The average Bonchev–Trinajstić information content (AvgIpc) is 3.17. The molecule has 152 valence electrons. The molecule has 0 bridgehead atoms. The first-order valence-electron chi connectivity index (χ1n) is 9.35. The fourth-order valence-corrected chi connectivity index (χ4v) is 4.62. The van der Waals surface area contributed by atoms with Crippen LogP contribution in [0.3, 0.4) is 0 Å². The number of benzene rings is 2. The summed E-state index contributed by atoms with van der Waals surface area (Å²) in [5.41, 5.74) is 2.65. The highest BCUT2D eigenvalue weighted by atomic mass is 32.2. The topological polar surface area (TPSA) is 70.2 Å². The Morgan fingerprint density at radius 3 is 2.34 bits per heavy atom. The van der Waals surface area contributed by atoms with Gasteiger partial charge in [0.05, 0.1) is 4.90 Å². The van der Waals surface area contributed by atoms with E-state index in [0.717, 1.165) is 30.5 Å². The number of sulfone groups is 1. The number of aromatic amines is 1. The van der Waals surface area contributed by atoms with Gasteiger partial charge in [-0.15, -0.1) is 0 Å². The fraction of sp³-hybridized carbons (Fsp3) is 0.286. The number of aromatic nitrogens is 1. The number of rotatable bonds is 4. The first-order chi connectivity index (χ1) is 13.9. The van der Waals surface area contributed by atoms with E-state index in [9.17, 15) is 22.0 Å². The van der Waals surface area contributed by atoms with Crippen molar-refractivity contribution in [3.8, 4) is 0 Å². The molecule has 0 radical (unpaired) electrons. The van der Waals surface area contributed by atoms with Gasteiger partial charge < -0.3 is 9.88 Å². The molecule has 1 aliphatic rings. The maximum absolute atomic E-state index is 12.7. The zero-order valence-corrected chi connectivity index (χ0v) is 16.3. The van der Waals surface area contributed by atoms with Crippen molar-refractivity contribution in [3.05, 3.63) is 65.9 Å². The number of carbonyl (C=O) groups excluding carboxylic acids is 1. The molecule has 0 atom stereocenters. The Labute approximate surface area is 167 Å². The third-order valence-corrected chi connectivity index (χ3v) is 6.91. The minimum Gasteiger partial charge on any atom is -0.361 e. The van der Waals surface area contributed by atoms with Crippen molar-refractivity contribution in [2.75, 3.05) is 13.1 Å². The molecule has 4 rings (SSSR count). The summed E-state index contributed by atoms with van der Waals surface area (Å²) in [7, 11) is -4.66. The van der Waals surface area contributed by atoms with Crippen LogP contribution in [0.1, 0.15) is 34.7 Å². The summed E-state index contributed by atoms with van der Waals surface area (Å²) >= 11 is 0. The summed E-state index contributed by atoms with van der Waals surface area (Å²) < 4.78 is 48.3. The lowest BCUT2D eigenvalue weighted by molar-refractivity contribution is 0.0713. The van der Waals surface area contributed by atoms with Gasteiger partial charge in [0.25, 0.3) is 5.91 Å². The van der Waals surface area contributed by atoms with Crippen molar-refractivity contribution in [1.82, 2.24) is 9.88 Å². The smallest absolute Gasteiger partial charge is 0.341 e. The second kappa shape index (κ2) is 7.59. The van der Waals surface area contributed by atoms with Crippen molar-refractivity contribution in [1.29, 1.82) is 0 Å². The summed E-state index contributed by atoms with van der Waals surface area (Å²) in [5.74, 6) is -3.34. The summed E-state index contributed by atoms with van der Waals surface area (Å²) in [6.45, 7) is 1.17. The Balaban J connectivity index is 1.44. The first-order valence-corrected chi connectivity index (χ1v) is 10.9. The quantitative estimate of drug-likeness (QED) is 0.691. The molecule has 1 fully saturated rings. The van der Waals surface area contributed by atoms with Gasteiger partial charge in [0.15, 0.2) is 0 Å². The SMILES string of the molecule is O=C(c1ccc(S(=O)(=O)C(F)F)cc1)N1CCC(c2c[nH]c3ccccc23)CC1. The average molecular weight is 418 g/mol. The van der Waals surface area contributed by atoms with Crippen molar-refractivity contribution >= 4 is 26.6 Å². The molecule has 0 spiro atoms. The van der Waals surface area contributed by atoms with Gasteiger partial charge in [-0.05, 0) is 54.7 Å². The number of fused-ring (bicyclic) bond motifs is 1. The number of para-hydroxylation sites is 1. The van der Waals surface area contributed by atoms with Crippen molar-refractivity contribution in [3.63, 3.8) is 0 Å². The van der Waals surface area contributed by atoms with Crippen LogP contribution in [0.15, 0.2) is 59.6 Å². The maximum atomic E-state index is 12.7. The molecular formula is C21H20F2N2O3S. The summed E-state index contributed by atoms with van der Waals surface area (Å²) in [6.07, 6.45) is 3.69. The highest BCUT2D eigenvalue weighted by Gasteiger charge is 2.28. The van der Waals surface area contributed by atoms with E-state index in [4.69, 9.17) is 0 Å². The van der Waals surface area contributed by atoms with Crippen molar-refractivity contribution in [2.24, 2.45) is 0 Å². The maximum Gasteiger partial charge on any atom is 0.341 e. The zero-order valence-electron chi connectivity index (χ0n) is 15.5. The summed E-state index contributed by atoms with van der Waals surface area (Å²) in [6, 6.07) is 12.8. The standard InChI is InChI=1S/C21H20F2N2O3S/c22-21(23)29(27,28)16-7-5-15(6-8-16)20(26)25-11-9-14(10-12-25)18-13-24-19-4-2-1-3-17(18)19/h1-8,13-14,21,24H,9-12H2. The summed E-state index contributed by atoms with van der Waals surface area (Å²) in [4.78, 5) is 17.2. The van der Waals surface area contributed by atoms with Crippen LogP contribution >= 0.6 is 0 Å². The predicted molar refractivity (Wildman–Crippen MR) is 106 cm³/mol. The molecule has 1 amide bonds. The van der Waals surface area contributed by atoms with Crippen molar-refractivity contribution < 1.29 is 22.0 Å².